The van der Waals surface area contributed by atoms with Crippen molar-refractivity contribution in [2.24, 2.45) is 138 Å². The largest absolute Gasteiger partial charge is 0.487 e. The zero-order chi connectivity index (χ0) is 96.1. The van der Waals surface area contributed by atoms with Crippen molar-refractivity contribution in [3.05, 3.63) is 119 Å². The monoisotopic (exact) mass is 1680 g/mol. The Labute approximate surface area is 761 Å². The van der Waals surface area contributed by atoms with E-state index in [0.717, 1.165) is 70.7 Å². The summed E-state index contributed by atoms with van der Waals surface area (Å²) in [5.41, 5.74) is 9.67. The van der Waals surface area contributed by atoms with Gasteiger partial charge in [-0.15, -0.1) is 0 Å². The first-order chi connectivity index (χ1) is 54.0. The third-order valence-electron chi connectivity index (χ3n) is 29.9. The Hall–Kier alpha value is -3.26. The van der Waals surface area contributed by atoms with Crippen LogP contribution in [0.25, 0.3) is 0 Å². The van der Waals surface area contributed by atoms with Crippen LogP contribution in [0.2, 0.25) is 0 Å². The molecule has 710 valence electrons. The van der Waals surface area contributed by atoms with E-state index < -0.39 is 0 Å². The molecule has 0 aliphatic rings. The maximum absolute atomic E-state index is 5.62. The molecule has 2 nitrogen and oxygen atoms in total. The molecule has 0 aromatic heterocycles. The molecule has 0 unspecified atom stereocenters. The summed E-state index contributed by atoms with van der Waals surface area (Å²) in [7, 11) is 0. The van der Waals surface area contributed by atoms with Crippen LogP contribution in [0.5, 0.6) is 11.5 Å². The van der Waals surface area contributed by atoms with Crippen molar-refractivity contribution in [3.8, 4) is 11.5 Å². The molecular formula is C118H226O2. The molecule has 2 heteroatoms. The minimum atomic E-state index is 0.173. The van der Waals surface area contributed by atoms with Crippen LogP contribution < -0.4 is 9.47 Å². The lowest BCUT2D eigenvalue weighted by atomic mass is 9.43. The van der Waals surface area contributed by atoms with E-state index >= 15 is 0 Å². The maximum atomic E-state index is 5.62. The van der Waals surface area contributed by atoms with Crippen molar-refractivity contribution in [1.82, 2.24) is 0 Å². The van der Waals surface area contributed by atoms with Crippen molar-refractivity contribution < 1.29 is 9.47 Å². The van der Waals surface area contributed by atoms with E-state index in [9.17, 15) is 0 Å². The van der Waals surface area contributed by atoms with Crippen LogP contribution in [0.3, 0.4) is 0 Å². The average Bonchev–Trinajstić information content (AvgIpc) is 0.730. The second-order valence-electron chi connectivity index (χ2n) is 49.3. The first-order valence-corrected chi connectivity index (χ1v) is 49.9. The molecule has 0 N–H and O–H groups in total. The zero-order valence-corrected chi connectivity index (χ0v) is 92.9. The summed E-state index contributed by atoms with van der Waals surface area (Å²) < 4.78 is 11.2. The van der Waals surface area contributed by atoms with Gasteiger partial charge in [0.05, 0.1) is 12.2 Å². The van der Waals surface area contributed by atoms with Gasteiger partial charge in [0.1, 0.15) is 0 Å². The number of allylic oxidation sites excluding steroid dienone is 4. The summed E-state index contributed by atoms with van der Waals surface area (Å²) in [6, 6.07) is 25.6. The van der Waals surface area contributed by atoms with Crippen LogP contribution in [0.1, 0.15) is 474 Å². The first-order valence-electron chi connectivity index (χ1n) is 49.9. The van der Waals surface area contributed by atoms with Gasteiger partial charge in [-0.2, -0.15) is 0 Å². The lowest BCUT2D eigenvalue weighted by Gasteiger charge is -2.61. The van der Waals surface area contributed by atoms with Gasteiger partial charge in [0.15, 0.2) is 11.5 Å². The van der Waals surface area contributed by atoms with Crippen LogP contribution >= 0.6 is 0 Å². The molecule has 3 rings (SSSR count). The Morgan fingerprint density at radius 2 is 0.492 bits per heavy atom. The van der Waals surface area contributed by atoms with E-state index in [0.29, 0.717) is 68.0 Å². The number of ether oxygens (including phenoxy) is 2. The first kappa shape index (κ1) is 128. The van der Waals surface area contributed by atoms with Gasteiger partial charge in [-0.05, 0) is 243 Å². The lowest BCUT2D eigenvalue weighted by Crippen LogP contribution is -2.54. The van der Waals surface area contributed by atoms with E-state index in [1.54, 1.807) is 0 Å². The highest BCUT2D eigenvalue weighted by atomic mass is 16.5. The highest BCUT2D eigenvalue weighted by Crippen LogP contribution is 2.63. The summed E-state index contributed by atoms with van der Waals surface area (Å²) in [4.78, 5) is 0. The van der Waals surface area contributed by atoms with Crippen molar-refractivity contribution in [2.75, 3.05) is 0 Å². The van der Waals surface area contributed by atoms with Crippen LogP contribution in [-0.2, 0) is 23.7 Å². The van der Waals surface area contributed by atoms with Gasteiger partial charge in [-0.3, -0.25) is 0 Å². The van der Waals surface area contributed by atoms with Crippen molar-refractivity contribution in [1.29, 1.82) is 0 Å². The Morgan fingerprint density at radius 3 is 0.692 bits per heavy atom. The molecule has 120 heavy (non-hydrogen) atoms. The third-order valence-corrected chi connectivity index (χ3v) is 29.9. The van der Waals surface area contributed by atoms with Crippen LogP contribution in [0.15, 0.2) is 97.1 Å². The maximum Gasteiger partial charge on any atom is 0.161 e. The summed E-state index contributed by atoms with van der Waals surface area (Å²) in [5.74, 6) is 13.8. The smallest absolute Gasteiger partial charge is 0.161 e. The van der Waals surface area contributed by atoms with Gasteiger partial charge in [0, 0.05) is 0 Å². The van der Waals surface area contributed by atoms with Gasteiger partial charge in [0.2, 0.25) is 0 Å². The topological polar surface area (TPSA) is 18.5 Å². The predicted octanol–water partition coefficient (Wildman–Crippen LogP) is 39.9. The molecule has 0 aliphatic carbocycles. The molecule has 0 amide bonds. The Morgan fingerprint density at radius 1 is 0.258 bits per heavy atom. The molecule has 3 aromatic carbocycles. The molecule has 0 radical (unpaired) electrons. The Bertz CT molecular complexity index is 2740. The lowest BCUT2D eigenvalue weighted by molar-refractivity contribution is -0.127. The predicted molar refractivity (Wildman–Crippen MR) is 556 cm³/mol. The number of hydrogen-bond donors (Lipinski definition) is 0. The summed E-state index contributed by atoms with van der Waals surface area (Å²) in [6.45, 7) is 130. The van der Waals surface area contributed by atoms with Gasteiger partial charge in [-0.1, -0.05) is 490 Å². The highest BCUT2D eigenvalue weighted by Gasteiger charge is 2.56. The fourth-order valence-corrected chi connectivity index (χ4v) is 13.7. The molecule has 0 heterocycles. The van der Waals surface area contributed by atoms with E-state index in [-0.39, 0.29) is 33.9 Å². The van der Waals surface area contributed by atoms with E-state index in [4.69, 9.17) is 9.47 Å². The van der Waals surface area contributed by atoms with E-state index in [1.807, 2.05) is 52.0 Å². The second-order valence-corrected chi connectivity index (χ2v) is 49.3. The Kier molecular flexibility index (Phi) is 64.3. The number of rotatable bonds is 38. The molecule has 0 saturated carbocycles. The van der Waals surface area contributed by atoms with Crippen LogP contribution in [-0.4, -0.2) is 12.2 Å². The molecule has 0 saturated heterocycles. The average molecular weight is 1680 g/mol. The minimum Gasteiger partial charge on any atom is -0.487 e. The molecule has 0 aliphatic heterocycles. The summed E-state index contributed by atoms with van der Waals surface area (Å²) >= 11 is 0. The fraction of sp³-hybridized carbons (Fsp3) is 0.814. The highest BCUT2D eigenvalue weighted by molar-refractivity contribution is 5.40. The normalized spacial score (nSPS) is 13.0. The molecular weight excluding hydrogens is 1450 g/mol. The van der Waals surface area contributed by atoms with Crippen LogP contribution in [0, 0.1) is 138 Å². The summed E-state index contributed by atoms with van der Waals surface area (Å²) in [5, 5.41) is 0. The molecule has 3 aromatic rings. The molecule has 0 atom stereocenters. The second kappa shape index (κ2) is 60.5. The summed E-state index contributed by atoms with van der Waals surface area (Å²) in [6.07, 6.45) is 25.3. The quantitative estimate of drug-likeness (QED) is 0.0420. The fourth-order valence-electron chi connectivity index (χ4n) is 13.7. The van der Waals surface area contributed by atoms with Gasteiger partial charge in [0.25, 0.3) is 0 Å². The van der Waals surface area contributed by atoms with E-state index in [1.165, 1.54) is 99.3 Å². The van der Waals surface area contributed by atoms with Crippen LogP contribution in [0.4, 0.5) is 0 Å². The molecule has 0 bridgehead atoms. The number of benzene rings is 3. The van der Waals surface area contributed by atoms with Gasteiger partial charge >= 0.3 is 0 Å². The molecule has 0 fully saturated rings. The Balaban J connectivity index is -0.000000307. The SMILES string of the molecule is CC(C)/C=C\C=C/C(C)C.CC(C)C(C)(C)C(C)(C)C(C)(C)C(C)(C)C(C)C.CC(C)C(C)(C)CC(C)(C)C(C)C.CC(C)C(C)(C)CCC(C)(C)C(C)C.CC(C)C(C)(C)c1ccccc1C(C)(C)C(C)C.CC(C)CCCC(C)C.CC(C)CCCCC(C)C.CC(C)Cc1ccccc1CC(C)C.CC(C)Oc1ccccc1OC(C)C. The number of para-hydroxylation sites is 2. The van der Waals surface area contributed by atoms with Crippen molar-refractivity contribution >= 4 is 0 Å². The third kappa shape index (κ3) is 54.0. The number of hydrogen-bond acceptors (Lipinski definition) is 2. The minimum absolute atomic E-state index is 0.173. The van der Waals surface area contributed by atoms with E-state index in [2.05, 4.69) is 433 Å². The van der Waals surface area contributed by atoms with Crippen molar-refractivity contribution in [3.63, 3.8) is 0 Å². The molecule has 0 spiro atoms. The van der Waals surface area contributed by atoms with Gasteiger partial charge < -0.3 is 9.47 Å². The standard InChI is InChI=1S/C18H30.C18H38.C14H22.C14H30.C13H28.C12H18O2.C10H22.C10H18.C9H20/c1-13(2)17(5,6)15-11-9-10-12-16(15)18(7,8)14(3)4;1-13(2)15(5,6)17(9,10)18(11,12)16(7,8)14(3)4;1-11(2)9-13-7-5-6-8-14(13)10-12(3)4;1-11(2)13(5,6)9-10-14(7,8)12(3)4;1-10(2)12(5,6)9-13(7,8)11(3)4;1-9(2)13-11-7-5-6-8-12(11)14-10(3)4;2*1-9(2)7-5-6-8-10(3)4;1-8(2)6-5-7-9(3)4/h9-14H,1-8H3;13-14H,1-12H3;5-8,11-12H,9-10H2,1-4H3;11-12H,9-10H2,1-8H3;10-11H,9H2,1-8H3;5-10H,1-4H3;9-10H,5-8H2,1-4H3;5-10H,1-4H3;8-9H,5-7H2,1-4H3/b;;;;;;;7-5-,8-6-;. The van der Waals surface area contributed by atoms with Crippen molar-refractivity contribution in [2.45, 2.75) is 488 Å². The van der Waals surface area contributed by atoms with Gasteiger partial charge in [-0.25, -0.2) is 0 Å². The number of unbranched alkanes of at least 4 members (excludes halogenated alkanes) is 1. The zero-order valence-electron chi connectivity index (χ0n) is 92.9.